The molecule has 34 heavy (non-hydrogen) atoms. The number of carbonyl (C=O) groups is 1. The summed E-state index contributed by atoms with van der Waals surface area (Å²) in [5.41, 5.74) is 2.23. The Morgan fingerprint density at radius 2 is 1.76 bits per heavy atom. The molecule has 0 radical (unpaired) electrons. The maximum absolute atomic E-state index is 13.9. The van der Waals surface area contributed by atoms with Crippen molar-refractivity contribution < 1.29 is 14.3 Å². The minimum Gasteiger partial charge on any atom is -0.494 e. The number of hydrogen-bond acceptors (Lipinski definition) is 4. The first-order valence-corrected chi connectivity index (χ1v) is 12.6. The first-order valence-electron chi connectivity index (χ1n) is 12.2. The van der Waals surface area contributed by atoms with Crippen molar-refractivity contribution >= 4 is 28.4 Å². The first-order chi connectivity index (χ1) is 16.5. The van der Waals surface area contributed by atoms with Crippen LogP contribution in [0.4, 0.5) is 0 Å². The minimum absolute atomic E-state index is 0.0252. The molecule has 0 bridgehead atoms. The Kier molecular flexibility index (Phi) is 7.94. The van der Waals surface area contributed by atoms with Crippen molar-refractivity contribution in [2.24, 2.45) is 5.92 Å². The Morgan fingerprint density at radius 3 is 2.50 bits per heavy atom. The summed E-state index contributed by atoms with van der Waals surface area (Å²) in [6.07, 6.45) is 4.19. The van der Waals surface area contributed by atoms with Gasteiger partial charge in [0.2, 0.25) is 0 Å². The SMILES string of the molecule is CCOc1ccc2nc(Cl)c(CN(C(=O)c3ccccc3OCC)C3CCC(C)CC3)cc2c1. The van der Waals surface area contributed by atoms with Gasteiger partial charge in [0.25, 0.3) is 5.91 Å². The largest absolute Gasteiger partial charge is 0.494 e. The number of amides is 1. The lowest BCUT2D eigenvalue weighted by Gasteiger charge is -2.36. The molecule has 180 valence electrons. The van der Waals surface area contributed by atoms with E-state index in [9.17, 15) is 4.79 Å². The van der Waals surface area contributed by atoms with E-state index in [1.807, 2.05) is 67.3 Å². The monoisotopic (exact) mass is 480 g/mol. The topological polar surface area (TPSA) is 51.7 Å². The van der Waals surface area contributed by atoms with Crippen LogP contribution in [0, 0.1) is 5.92 Å². The van der Waals surface area contributed by atoms with Crippen LogP contribution in [0.25, 0.3) is 10.9 Å². The molecule has 6 heteroatoms. The molecule has 1 heterocycles. The van der Waals surface area contributed by atoms with Gasteiger partial charge in [0.05, 0.1) is 24.3 Å². The van der Waals surface area contributed by atoms with E-state index in [4.69, 9.17) is 21.1 Å². The fourth-order valence-corrected chi connectivity index (χ4v) is 4.93. The number of nitrogens with zero attached hydrogens (tertiary/aromatic N) is 2. The first kappa shape index (κ1) is 24.3. The van der Waals surface area contributed by atoms with E-state index in [1.54, 1.807) is 0 Å². The van der Waals surface area contributed by atoms with Crippen LogP contribution in [0.5, 0.6) is 11.5 Å². The van der Waals surface area contributed by atoms with E-state index in [1.165, 1.54) is 0 Å². The van der Waals surface area contributed by atoms with Gasteiger partial charge in [0.1, 0.15) is 16.7 Å². The van der Waals surface area contributed by atoms with Crippen LogP contribution in [0.1, 0.15) is 62.4 Å². The van der Waals surface area contributed by atoms with Crippen LogP contribution >= 0.6 is 11.6 Å². The highest BCUT2D eigenvalue weighted by Gasteiger charge is 2.30. The maximum atomic E-state index is 13.9. The Labute approximate surface area is 207 Å². The standard InChI is InChI=1S/C28H33ClN2O3/c1-4-33-23-14-15-25-20(17-23)16-21(27(29)30-25)18-31(22-12-10-19(3)11-13-22)28(32)24-8-6-7-9-26(24)34-5-2/h6-9,14-17,19,22H,4-5,10-13,18H2,1-3H3. The number of carbonyl (C=O) groups excluding carboxylic acids is 1. The average molecular weight is 481 g/mol. The molecule has 1 saturated carbocycles. The number of halogens is 1. The number of aromatic nitrogens is 1. The molecule has 0 saturated heterocycles. The summed E-state index contributed by atoms with van der Waals surface area (Å²) in [5.74, 6) is 2.08. The third-order valence-electron chi connectivity index (χ3n) is 6.57. The molecule has 0 spiro atoms. The van der Waals surface area contributed by atoms with Crippen molar-refractivity contribution in [1.29, 1.82) is 0 Å². The van der Waals surface area contributed by atoms with Gasteiger partial charge >= 0.3 is 0 Å². The number of para-hydroxylation sites is 1. The molecule has 5 nitrogen and oxygen atoms in total. The summed E-state index contributed by atoms with van der Waals surface area (Å²) < 4.78 is 11.4. The molecule has 2 aromatic carbocycles. The molecule has 1 aliphatic rings. The lowest BCUT2D eigenvalue weighted by Crippen LogP contribution is -2.42. The van der Waals surface area contributed by atoms with Crippen LogP contribution in [0.15, 0.2) is 48.5 Å². The molecule has 0 unspecified atom stereocenters. The van der Waals surface area contributed by atoms with Crippen molar-refractivity contribution in [3.8, 4) is 11.5 Å². The van der Waals surface area contributed by atoms with Crippen molar-refractivity contribution in [3.63, 3.8) is 0 Å². The van der Waals surface area contributed by atoms with Gasteiger partial charge in [-0.15, -0.1) is 0 Å². The van der Waals surface area contributed by atoms with Crippen LogP contribution in [-0.2, 0) is 6.54 Å². The normalized spacial score (nSPS) is 18.0. The summed E-state index contributed by atoms with van der Waals surface area (Å²) in [6, 6.07) is 15.5. The third-order valence-corrected chi connectivity index (χ3v) is 6.90. The predicted molar refractivity (Wildman–Crippen MR) is 137 cm³/mol. The summed E-state index contributed by atoms with van der Waals surface area (Å²) in [6.45, 7) is 7.68. The molecular formula is C28H33ClN2O3. The van der Waals surface area contributed by atoms with Gasteiger partial charge in [-0.2, -0.15) is 0 Å². The fraction of sp³-hybridized carbons (Fsp3) is 0.429. The molecule has 1 amide bonds. The van der Waals surface area contributed by atoms with E-state index in [-0.39, 0.29) is 11.9 Å². The maximum Gasteiger partial charge on any atom is 0.258 e. The second-order valence-corrected chi connectivity index (χ2v) is 9.36. The number of hydrogen-bond donors (Lipinski definition) is 0. The zero-order valence-electron chi connectivity index (χ0n) is 20.2. The van der Waals surface area contributed by atoms with Gasteiger partial charge in [0, 0.05) is 23.5 Å². The smallest absolute Gasteiger partial charge is 0.258 e. The third kappa shape index (κ3) is 5.47. The van der Waals surface area contributed by atoms with Crippen molar-refractivity contribution in [3.05, 3.63) is 64.8 Å². The van der Waals surface area contributed by atoms with Crippen LogP contribution in [0.2, 0.25) is 5.15 Å². The average Bonchev–Trinajstić information content (AvgIpc) is 2.84. The highest BCUT2D eigenvalue weighted by Crippen LogP contribution is 2.32. The number of fused-ring (bicyclic) bond motifs is 1. The van der Waals surface area contributed by atoms with Gasteiger partial charge in [-0.25, -0.2) is 4.98 Å². The van der Waals surface area contributed by atoms with E-state index < -0.39 is 0 Å². The number of rotatable bonds is 8. The highest BCUT2D eigenvalue weighted by atomic mass is 35.5. The molecule has 0 aliphatic heterocycles. The van der Waals surface area contributed by atoms with Gasteiger partial charge in [-0.3, -0.25) is 4.79 Å². The van der Waals surface area contributed by atoms with E-state index in [0.717, 1.165) is 47.9 Å². The number of benzene rings is 2. The lowest BCUT2D eigenvalue weighted by atomic mass is 9.86. The fourth-order valence-electron chi connectivity index (χ4n) is 4.73. The van der Waals surface area contributed by atoms with Crippen molar-refractivity contribution in [2.45, 2.75) is 59.0 Å². The van der Waals surface area contributed by atoms with Crippen LogP contribution < -0.4 is 9.47 Å². The molecule has 4 rings (SSSR count). The van der Waals surface area contributed by atoms with Crippen LogP contribution in [0.3, 0.4) is 0 Å². The van der Waals surface area contributed by atoms with Crippen LogP contribution in [-0.4, -0.2) is 35.0 Å². The Hall–Kier alpha value is -2.79. The van der Waals surface area contributed by atoms with Crippen molar-refractivity contribution in [1.82, 2.24) is 9.88 Å². The second kappa shape index (κ2) is 11.1. The van der Waals surface area contributed by atoms with E-state index >= 15 is 0 Å². The van der Waals surface area contributed by atoms with E-state index in [0.29, 0.717) is 42.1 Å². The molecule has 3 aromatic rings. The van der Waals surface area contributed by atoms with Gasteiger partial charge in [-0.1, -0.05) is 30.7 Å². The summed E-state index contributed by atoms with van der Waals surface area (Å²) in [7, 11) is 0. The lowest BCUT2D eigenvalue weighted by molar-refractivity contribution is 0.0589. The Balaban J connectivity index is 1.70. The highest BCUT2D eigenvalue weighted by molar-refractivity contribution is 6.30. The van der Waals surface area contributed by atoms with Crippen molar-refractivity contribution in [2.75, 3.05) is 13.2 Å². The number of ether oxygens (including phenoxy) is 2. The minimum atomic E-state index is -0.0252. The second-order valence-electron chi connectivity index (χ2n) is 9.00. The quantitative estimate of drug-likeness (QED) is 0.329. The number of pyridine rings is 1. The molecular weight excluding hydrogens is 448 g/mol. The summed E-state index contributed by atoms with van der Waals surface area (Å²) in [4.78, 5) is 20.5. The van der Waals surface area contributed by atoms with E-state index in [2.05, 4.69) is 11.9 Å². The van der Waals surface area contributed by atoms with Gasteiger partial charge in [0.15, 0.2) is 0 Å². The summed E-state index contributed by atoms with van der Waals surface area (Å²) >= 11 is 6.64. The zero-order chi connectivity index (χ0) is 24.1. The van der Waals surface area contributed by atoms with Gasteiger partial charge < -0.3 is 14.4 Å². The Morgan fingerprint density at radius 1 is 1.03 bits per heavy atom. The molecule has 1 aliphatic carbocycles. The van der Waals surface area contributed by atoms with Gasteiger partial charge in [-0.05, 0) is 81.8 Å². The Bertz CT molecular complexity index is 1140. The summed E-state index contributed by atoms with van der Waals surface area (Å²) in [5, 5.41) is 1.38. The molecule has 0 N–H and O–H groups in total. The predicted octanol–water partition coefficient (Wildman–Crippen LogP) is 6.91. The molecule has 0 atom stereocenters. The molecule has 1 fully saturated rings. The molecule has 1 aromatic heterocycles. The zero-order valence-corrected chi connectivity index (χ0v) is 21.0.